The molecular formula is C20H20N2O5. The second kappa shape index (κ2) is 9.42. The molecule has 0 radical (unpaired) electrons. The summed E-state index contributed by atoms with van der Waals surface area (Å²) in [5, 5.41) is 13.6. The Balaban J connectivity index is 1.98. The number of hydrogen-bond donors (Lipinski definition) is 3. The number of esters is 1. The molecule has 1 fully saturated rings. The third-order valence-electron chi connectivity index (χ3n) is 4.05. The van der Waals surface area contributed by atoms with E-state index < -0.39 is 23.8 Å². The predicted octanol–water partition coefficient (Wildman–Crippen LogP) is -0.313. The van der Waals surface area contributed by atoms with Crippen molar-refractivity contribution in [1.82, 2.24) is 10.6 Å². The van der Waals surface area contributed by atoms with Crippen LogP contribution in [0.2, 0.25) is 0 Å². The van der Waals surface area contributed by atoms with Crippen LogP contribution in [-0.4, -0.2) is 49.7 Å². The van der Waals surface area contributed by atoms with E-state index in [1.165, 1.54) is 19.2 Å². The number of benzene rings is 1. The second-order valence-electron chi connectivity index (χ2n) is 5.93. The minimum Gasteiger partial charge on any atom is -0.467 e. The fraction of sp³-hybridized carbons (Fsp3) is 0.350. The number of amides is 2. The van der Waals surface area contributed by atoms with Gasteiger partial charge in [0.2, 0.25) is 6.04 Å². The van der Waals surface area contributed by atoms with Crippen molar-refractivity contribution < 1.29 is 24.2 Å². The molecule has 1 saturated carbocycles. The molecule has 0 heterocycles. The van der Waals surface area contributed by atoms with Gasteiger partial charge in [0.25, 0.3) is 11.8 Å². The van der Waals surface area contributed by atoms with E-state index in [-0.39, 0.29) is 24.0 Å². The number of hydrogen-bond acceptors (Lipinski definition) is 5. The molecule has 0 bridgehead atoms. The molecule has 27 heavy (non-hydrogen) atoms. The van der Waals surface area contributed by atoms with E-state index in [1.54, 1.807) is 12.1 Å². The molecule has 7 heteroatoms. The van der Waals surface area contributed by atoms with Crippen molar-refractivity contribution >= 4 is 17.8 Å². The van der Waals surface area contributed by atoms with Crippen LogP contribution in [0.3, 0.4) is 0 Å². The number of aliphatic hydroxyl groups is 1. The van der Waals surface area contributed by atoms with E-state index in [4.69, 9.17) is 5.11 Å². The van der Waals surface area contributed by atoms with Crippen LogP contribution in [0.5, 0.6) is 0 Å². The zero-order valence-corrected chi connectivity index (χ0v) is 15.0. The van der Waals surface area contributed by atoms with Gasteiger partial charge in [-0.15, -0.1) is 0 Å². The van der Waals surface area contributed by atoms with Crippen molar-refractivity contribution in [2.24, 2.45) is 11.8 Å². The Morgan fingerprint density at radius 3 is 2.52 bits per heavy atom. The lowest BCUT2D eigenvalue weighted by atomic mass is 10.1. The van der Waals surface area contributed by atoms with Crippen LogP contribution in [0.1, 0.15) is 22.3 Å². The number of nitrogens with one attached hydrogen (secondary N) is 2. The van der Waals surface area contributed by atoms with Crippen LogP contribution < -0.4 is 10.6 Å². The number of carbonyl (C=O) groups excluding carboxylic acids is 3. The first-order valence-corrected chi connectivity index (χ1v) is 8.33. The monoisotopic (exact) mass is 368 g/mol. The maximum Gasteiger partial charge on any atom is 0.338 e. The van der Waals surface area contributed by atoms with Gasteiger partial charge in [0.05, 0.1) is 7.11 Å². The standard InChI is InChI=1S/C20H20N2O5/c1-21-19(25)17(20(26)27-2)22-18(24)14-9-7-13(8-10-14)5-3-4-6-15-11-16(15)12-23/h7-10,15-17,23H,11-12H2,1-2H3,(H,21,25)(H,22,24)/t15-,16+,17?/m1/s1. The Kier molecular flexibility index (Phi) is 6.99. The minimum atomic E-state index is -1.42. The van der Waals surface area contributed by atoms with Crippen LogP contribution in [-0.2, 0) is 14.3 Å². The van der Waals surface area contributed by atoms with E-state index in [0.29, 0.717) is 5.56 Å². The molecule has 2 amide bonds. The highest BCUT2D eigenvalue weighted by Crippen LogP contribution is 2.36. The van der Waals surface area contributed by atoms with E-state index in [0.717, 1.165) is 13.5 Å². The van der Waals surface area contributed by atoms with Gasteiger partial charge in [0.15, 0.2) is 0 Å². The highest BCUT2D eigenvalue weighted by atomic mass is 16.5. The van der Waals surface area contributed by atoms with E-state index >= 15 is 0 Å². The SMILES string of the molecule is CNC(=O)C(NC(=O)c1ccc(C#CC#C[C@@H]2C[C@H]2CO)cc1)C(=O)OC. The molecule has 1 aliphatic rings. The molecule has 0 spiro atoms. The summed E-state index contributed by atoms with van der Waals surface area (Å²) >= 11 is 0. The van der Waals surface area contributed by atoms with Crippen LogP contribution in [0, 0.1) is 35.5 Å². The summed E-state index contributed by atoms with van der Waals surface area (Å²) in [6.45, 7) is 0.160. The van der Waals surface area contributed by atoms with Crippen molar-refractivity contribution in [3.63, 3.8) is 0 Å². The van der Waals surface area contributed by atoms with Crippen LogP contribution in [0.15, 0.2) is 24.3 Å². The molecule has 1 unspecified atom stereocenters. The van der Waals surface area contributed by atoms with Gasteiger partial charge in [0, 0.05) is 30.7 Å². The van der Waals surface area contributed by atoms with Gasteiger partial charge in [0.1, 0.15) is 0 Å². The summed E-state index contributed by atoms with van der Waals surface area (Å²) in [7, 11) is 2.49. The quantitative estimate of drug-likeness (QED) is 0.376. The Morgan fingerprint density at radius 2 is 1.96 bits per heavy atom. The van der Waals surface area contributed by atoms with Gasteiger partial charge in [-0.2, -0.15) is 0 Å². The van der Waals surface area contributed by atoms with Crippen LogP contribution in [0.25, 0.3) is 0 Å². The first-order valence-electron chi connectivity index (χ1n) is 8.33. The van der Waals surface area contributed by atoms with Crippen molar-refractivity contribution in [1.29, 1.82) is 0 Å². The molecule has 2 rings (SSSR count). The maximum absolute atomic E-state index is 12.2. The van der Waals surface area contributed by atoms with Crippen LogP contribution >= 0.6 is 0 Å². The highest BCUT2D eigenvalue weighted by molar-refractivity contribution is 6.07. The fourth-order valence-corrected chi connectivity index (χ4v) is 2.27. The Labute approximate surface area is 157 Å². The number of ether oxygens (including phenoxy) is 1. The van der Waals surface area contributed by atoms with Gasteiger partial charge in [-0.3, -0.25) is 9.59 Å². The first-order chi connectivity index (χ1) is 13.0. The second-order valence-corrected chi connectivity index (χ2v) is 5.93. The summed E-state index contributed by atoms with van der Waals surface area (Å²) in [6, 6.07) is 4.93. The summed E-state index contributed by atoms with van der Waals surface area (Å²) in [5.41, 5.74) is 0.944. The zero-order valence-electron chi connectivity index (χ0n) is 15.0. The average molecular weight is 368 g/mol. The number of rotatable bonds is 5. The summed E-state index contributed by atoms with van der Waals surface area (Å²) < 4.78 is 4.52. The number of likely N-dealkylation sites (N-methyl/N-ethyl adjacent to an activating group) is 1. The topological polar surface area (TPSA) is 105 Å². The summed E-state index contributed by atoms with van der Waals surface area (Å²) in [4.78, 5) is 35.6. The third-order valence-corrected chi connectivity index (χ3v) is 4.05. The maximum atomic E-state index is 12.2. The molecule has 3 N–H and O–H groups in total. The fourth-order valence-electron chi connectivity index (χ4n) is 2.27. The largest absolute Gasteiger partial charge is 0.467 e. The molecule has 7 nitrogen and oxygen atoms in total. The van der Waals surface area contributed by atoms with Gasteiger partial charge in [-0.05, 0) is 48.4 Å². The molecule has 0 saturated heterocycles. The first kappa shape index (κ1) is 20.0. The highest BCUT2D eigenvalue weighted by Gasteiger charge is 2.34. The van der Waals surface area contributed by atoms with Gasteiger partial charge >= 0.3 is 5.97 Å². The van der Waals surface area contributed by atoms with Crippen LogP contribution in [0.4, 0.5) is 0 Å². The third kappa shape index (κ3) is 5.60. The van der Waals surface area contributed by atoms with E-state index in [1.807, 2.05) is 0 Å². The Morgan fingerprint density at radius 1 is 1.26 bits per heavy atom. The molecule has 1 aliphatic carbocycles. The zero-order chi connectivity index (χ0) is 19.8. The van der Waals surface area contributed by atoms with Crippen molar-refractivity contribution in [2.75, 3.05) is 20.8 Å². The molecule has 140 valence electrons. The van der Waals surface area contributed by atoms with Crippen molar-refractivity contribution in [3.05, 3.63) is 35.4 Å². The van der Waals surface area contributed by atoms with Crippen molar-refractivity contribution in [2.45, 2.75) is 12.5 Å². The number of methoxy groups -OCH3 is 1. The van der Waals surface area contributed by atoms with E-state index in [9.17, 15) is 14.4 Å². The van der Waals surface area contributed by atoms with Gasteiger partial charge < -0.3 is 20.5 Å². The number of aliphatic hydroxyl groups excluding tert-OH is 1. The molecule has 3 atom stereocenters. The average Bonchev–Trinajstić information content (AvgIpc) is 3.47. The number of carbonyl (C=O) groups is 3. The summed E-state index contributed by atoms with van der Waals surface area (Å²) in [5.74, 6) is 9.75. The van der Waals surface area contributed by atoms with Gasteiger partial charge in [-0.25, -0.2) is 4.79 Å². The Hall–Kier alpha value is -3.29. The minimum absolute atomic E-state index is 0.160. The van der Waals surface area contributed by atoms with E-state index in [2.05, 4.69) is 39.1 Å². The molecule has 0 aromatic heterocycles. The lowest BCUT2D eigenvalue weighted by molar-refractivity contribution is -0.146. The molecular weight excluding hydrogens is 348 g/mol. The summed E-state index contributed by atoms with van der Waals surface area (Å²) in [6.07, 6.45) is 0.914. The Bertz CT molecular complexity index is 823. The van der Waals surface area contributed by atoms with Gasteiger partial charge in [-0.1, -0.05) is 11.8 Å². The molecule has 1 aromatic rings. The predicted molar refractivity (Wildman–Crippen MR) is 97.1 cm³/mol. The lowest BCUT2D eigenvalue weighted by Crippen LogP contribution is -2.51. The smallest absolute Gasteiger partial charge is 0.338 e. The molecule has 1 aromatic carbocycles. The molecule has 0 aliphatic heterocycles. The lowest BCUT2D eigenvalue weighted by Gasteiger charge is -2.14. The van der Waals surface area contributed by atoms with Crippen molar-refractivity contribution in [3.8, 4) is 23.7 Å². The normalized spacial score (nSPS) is 17.9.